The van der Waals surface area contributed by atoms with E-state index in [1.807, 2.05) is 29.0 Å². The van der Waals surface area contributed by atoms with Gasteiger partial charge in [0.1, 0.15) is 5.75 Å². The van der Waals surface area contributed by atoms with Crippen LogP contribution in [0.25, 0.3) is 0 Å². The van der Waals surface area contributed by atoms with E-state index in [0.717, 1.165) is 23.3 Å². The molecular weight excluding hydrogens is 254 g/mol. The highest BCUT2D eigenvalue weighted by molar-refractivity contribution is 5.38. The average Bonchev–Trinajstić information content (AvgIpc) is 2.98. The number of aliphatic hydroxyl groups excluding tert-OH is 1. The summed E-state index contributed by atoms with van der Waals surface area (Å²) in [6.45, 7) is 3.36. The predicted molar refractivity (Wildman–Crippen MR) is 77.6 cm³/mol. The van der Waals surface area contributed by atoms with Crippen LogP contribution < -0.4 is 10.5 Å². The maximum absolute atomic E-state index is 9.18. The van der Waals surface area contributed by atoms with Gasteiger partial charge in [0.2, 0.25) is 0 Å². The normalized spacial score (nSPS) is 12.3. The first-order chi connectivity index (χ1) is 9.74. The lowest BCUT2D eigenvalue weighted by atomic mass is 10.0. The summed E-state index contributed by atoms with van der Waals surface area (Å²) in [4.78, 5) is 4.04. The Morgan fingerprint density at radius 3 is 2.95 bits per heavy atom. The Kier molecular flexibility index (Phi) is 5.15. The third-order valence-electron chi connectivity index (χ3n) is 3.08. The molecule has 0 amide bonds. The molecule has 5 heteroatoms. The molecule has 0 saturated heterocycles. The Morgan fingerprint density at radius 1 is 1.45 bits per heavy atom. The summed E-state index contributed by atoms with van der Waals surface area (Å²) in [5.74, 6) is 0.856. The van der Waals surface area contributed by atoms with Crippen molar-refractivity contribution in [1.29, 1.82) is 0 Å². The monoisotopic (exact) mass is 275 g/mol. The number of aromatic nitrogens is 2. The number of hydrogen-bond donors (Lipinski definition) is 2. The van der Waals surface area contributed by atoms with Gasteiger partial charge in [0.15, 0.2) is 0 Å². The Bertz CT molecular complexity index is 526. The molecule has 0 bridgehead atoms. The van der Waals surface area contributed by atoms with E-state index in [0.29, 0.717) is 13.2 Å². The molecule has 0 saturated carbocycles. The van der Waals surface area contributed by atoms with Crippen molar-refractivity contribution in [3.8, 4) is 5.75 Å². The second-order valence-corrected chi connectivity index (χ2v) is 4.74. The van der Waals surface area contributed by atoms with Gasteiger partial charge in [-0.05, 0) is 24.1 Å². The predicted octanol–water partition coefficient (Wildman–Crippen LogP) is 1.71. The summed E-state index contributed by atoms with van der Waals surface area (Å²) in [5.41, 5.74) is 7.83. The minimum absolute atomic E-state index is 0.0698. The van der Waals surface area contributed by atoms with E-state index in [4.69, 9.17) is 10.5 Å². The molecule has 0 aliphatic carbocycles. The fourth-order valence-corrected chi connectivity index (χ4v) is 1.99. The molecule has 1 aromatic heterocycles. The molecule has 2 rings (SSSR count). The lowest BCUT2D eigenvalue weighted by Gasteiger charge is -2.15. The number of hydrogen-bond acceptors (Lipinski definition) is 4. The number of imidazole rings is 1. The molecular formula is C15H21N3O2. The first-order valence-corrected chi connectivity index (χ1v) is 6.82. The molecule has 5 nitrogen and oxygen atoms in total. The number of nitrogens with zero attached hydrogens (tertiary/aromatic N) is 2. The summed E-state index contributed by atoms with van der Waals surface area (Å²) in [5, 5.41) is 9.18. The summed E-state index contributed by atoms with van der Waals surface area (Å²) in [6, 6.07) is 5.46. The van der Waals surface area contributed by atoms with Crippen LogP contribution in [0.4, 0.5) is 0 Å². The smallest absolute Gasteiger partial charge is 0.124 e. The van der Waals surface area contributed by atoms with E-state index in [1.165, 1.54) is 0 Å². The third-order valence-corrected chi connectivity index (χ3v) is 3.08. The Morgan fingerprint density at radius 2 is 2.30 bits per heavy atom. The molecule has 0 unspecified atom stereocenters. The number of benzene rings is 1. The molecule has 0 aliphatic heterocycles. The molecule has 0 fully saturated rings. The zero-order chi connectivity index (χ0) is 14.4. The van der Waals surface area contributed by atoms with Crippen molar-refractivity contribution in [2.45, 2.75) is 25.9 Å². The van der Waals surface area contributed by atoms with E-state index in [2.05, 4.69) is 11.9 Å². The van der Waals surface area contributed by atoms with Gasteiger partial charge < -0.3 is 20.1 Å². The van der Waals surface area contributed by atoms with Crippen LogP contribution in [0.2, 0.25) is 0 Å². The number of rotatable bonds is 7. The number of ether oxygens (including phenoxy) is 1. The number of aliphatic hydroxyl groups is 1. The zero-order valence-corrected chi connectivity index (χ0v) is 11.7. The van der Waals surface area contributed by atoms with E-state index in [-0.39, 0.29) is 12.6 Å². The average molecular weight is 275 g/mol. The Balaban J connectivity index is 2.26. The minimum Gasteiger partial charge on any atom is -0.493 e. The highest BCUT2D eigenvalue weighted by Gasteiger charge is 2.10. The lowest BCUT2D eigenvalue weighted by molar-refractivity contribution is 0.267. The highest BCUT2D eigenvalue weighted by Crippen LogP contribution is 2.24. The zero-order valence-electron chi connectivity index (χ0n) is 11.7. The fraction of sp³-hybridized carbons (Fsp3) is 0.400. The van der Waals surface area contributed by atoms with Gasteiger partial charge in [-0.2, -0.15) is 0 Å². The van der Waals surface area contributed by atoms with Gasteiger partial charge in [-0.15, -0.1) is 0 Å². The molecule has 2 aromatic rings. The van der Waals surface area contributed by atoms with Gasteiger partial charge in [0, 0.05) is 18.0 Å². The SMILES string of the molecule is CCCOc1ccc([C@H](N)CO)cc1Cn1ccnc1. The molecule has 0 aliphatic rings. The van der Waals surface area contributed by atoms with Crippen LogP contribution in [-0.4, -0.2) is 27.9 Å². The first-order valence-electron chi connectivity index (χ1n) is 6.82. The van der Waals surface area contributed by atoms with Crippen molar-refractivity contribution >= 4 is 0 Å². The standard InChI is InChI=1S/C15H21N3O2/c1-2-7-20-15-4-3-12(14(16)10-19)8-13(15)9-18-6-5-17-11-18/h3-6,8,11,14,19H,2,7,9-10,16H2,1H3/t14-/m1/s1. The second kappa shape index (κ2) is 7.07. The fourth-order valence-electron chi connectivity index (χ4n) is 1.99. The van der Waals surface area contributed by atoms with Crippen molar-refractivity contribution in [3.05, 3.63) is 48.0 Å². The number of nitrogens with two attached hydrogens (primary N) is 1. The van der Waals surface area contributed by atoms with Gasteiger partial charge in [0.05, 0.1) is 32.1 Å². The molecule has 1 aromatic carbocycles. The van der Waals surface area contributed by atoms with E-state index >= 15 is 0 Å². The Labute approximate surface area is 119 Å². The first kappa shape index (κ1) is 14.6. The van der Waals surface area contributed by atoms with Crippen LogP contribution in [0.3, 0.4) is 0 Å². The molecule has 1 heterocycles. The molecule has 1 atom stereocenters. The summed E-state index contributed by atoms with van der Waals surface area (Å²) < 4.78 is 7.74. The maximum atomic E-state index is 9.18. The van der Waals surface area contributed by atoms with Crippen LogP contribution in [0.5, 0.6) is 5.75 Å². The minimum atomic E-state index is -0.364. The topological polar surface area (TPSA) is 73.3 Å². The van der Waals surface area contributed by atoms with Crippen molar-refractivity contribution in [2.75, 3.05) is 13.2 Å². The highest BCUT2D eigenvalue weighted by atomic mass is 16.5. The van der Waals surface area contributed by atoms with Crippen LogP contribution in [0, 0.1) is 0 Å². The molecule has 108 valence electrons. The largest absolute Gasteiger partial charge is 0.493 e. The molecule has 0 spiro atoms. The molecule has 0 radical (unpaired) electrons. The van der Waals surface area contributed by atoms with Gasteiger partial charge in [-0.3, -0.25) is 0 Å². The van der Waals surface area contributed by atoms with Gasteiger partial charge in [0.25, 0.3) is 0 Å². The van der Waals surface area contributed by atoms with Gasteiger partial charge in [-0.25, -0.2) is 4.98 Å². The summed E-state index contributed by atoms with van der Waals surface area (Å²) >= 11 is 0. The maximum Gasteiger partial charge on any atom is 0.124 e. The van der Waals surface area contributed by atoms with Crippen molar-refractivity contribution in [3.63, 3.8) is 0 Å². The summed E-state index contributed by atoms with van der Waals surface area (Å²) in [6.07, 6.45) is 6.38. The van der Waals surface area contributed by atoms with Crippen molar-refractivity contribution < 1.29 is 9.84 Å². The third kappa shape index (κ3) is 3.59. The Hall–Kier alpha value is -1.85. The molecule has 20 heavy (non-hydrogen) atoms. The quantitative estimate of drug-likeness (QED) is 0.807. The second-order valence-electron chi connectivity index (χ2n) is 4.74. The van der Waals surface area contributed by atoms with Gasteiger partial charge in [-0.1, -0.05) is 13.0 Å². The van der Waals surface area contributed by atoms with E-state index in [9.17, 15) is 5.11 Å². The lowest BCUT2D eigenvalue weighted by Crippen LogP contribution is -2.15. The van der Waals surface area contributed by atoms with Crippen LogP contribution in [-0.2, 0) is 6.54 Å². The van der Waals surface area contributed by atoms with Gasteiger partial charge >= 0.3 is 0 Å². The van der Waals surface area contributed by atoms with Crippen molar-refractivity contribution in [2.24, 2.45) is 5.73 Å². The molecule has 3 N–H and O–H groups in total. The van der Waals surface area contributed by atoms with Crippen LogP contribution in [0.15, 0.2) is 36.9 Å². The van der Waals surface area contributed by atoms with Crippen molar-refractivity contribution in [1.82, 2.24) is 9.55 Å². The van der Waals surface area contributed by atoms with Crippen LogP contribution in [0.1, 0.15) is 30.5 Å². The van der Waals surface area contributed by atoms with E-state index in [1.54, 1.807) is 12.5 Å². The van der Waals surface area contributed by atoms with E-state index < -0.39 is 0 Å². The van der Waals surface area contributed by atoms with Crippen LogP contribution >= 0.6 is 0 Å². The summed E-state index contributed by atoms with van der Waals surface area (Å²) in [7, 11) is 0.